The first-order chi connectivity index (χ1) is 7.24. The summed E-state index contributed by atoms with van der Waals surface area (Å²) < 4.78 is 0. The molecule has 0 spiro atoms. The van der Waals surface area contributed by atoms with Gasteiger partial charge in [0, 0.05) is 18.2 Å². The van der Waals surface area contributed by atoms with Gasteiger partial charge in [-0.1, -0.05) is 19.3 Å². The molecule has 1 saturated carbocycles. The van der Waals surface area contributed by atoms with Crippen LogP contribution in [0, 0.1) is 5.92 Å². The van der Waals surface area contributed by atoms with Gasteiger partial charge in [-0.3, -0.25) is 14.5 Å². The molecule has 1 fully saturated rings. The number of hydrogen-bond acceptors (Lipinski definition) is 2. The molecule has 3 heteroatoms. The molecule has 3 nitrogen and oxygen atoms in total. The number of amides is 2. The standard InChI is InChI=1S/C12H17NO2/c1-2-13-11(14)8-10(12(13)15)9-6-4-3-5-7-9/h8-9H,2-7H2,1H3. The summed E-state index contributed by atoms with van der Waals surface area (Å²) in [6.07, 6.45) is 7.35. The van der Waals surface area contributed by atoms with E-state index in [4.69, 9.17) is 0 Å². The minimum atomic E-state index is -0.122. The number of hydrogen-bond donors (Lipinski definition) is 0. The predicted molar refractivity (Wildman–Crippen MR) is 57.1 cm³/mol. The smallest absolute Gasteiger partial charge is 0.257 e. The van der Waals surface area contributed by atoms with Crippen LogP contribution in [0.25, 0.3) is 0 Å². The van der Waals surface area contributed by atoms with E-state index in [1.807, 2.05) is 6.92 Å². The zero-order valence-electron chi connectivity index (χ0n) is 9.16. The zero-order chi connectivity index (χ0) is 10.8. The normalized spacial score (nSPS) is 23.5. The largest absolute Gasteiger partial charge is 0.275 e. The Morgan fingerprint density at radius 2 is 1.93 bits per heavy atom. The third-order valence-corrected chi connectivity index (χ3v) is 3.40. The molecule has 0 aromatic heterocycles. The van der Waals surface area contributed by atoms with Gasteiger partial charge in [0.15, 0.2) is 0 Å². The Balaban J connectivity index is 2.12. The average molecular weight is 207 g/mol. The number of imide groups is 1. The molecule has 0 bridgehead atoms. The maximum Gasteiger partial charge on any atom is 0.257 e. The van der Waals surface area contributed by atoms with Crippen LogP contribution < -0.4 is 0 Å². The summed E-state index contributed by atoms with van der Waals surface area (Å²) >= 11 is 0. The van der Waals surface area contributed by atoms with Crippen molar-refractivity contribution < 1.29 is 9.59 Å². The molecule has 1 aliphatic heterocycles. The fourth-order valence-corrected chi connectivity index (χ4v) is 2.53. The van der Waals surface area contributed by atoms with Crippen LogP contribution in [0.1, 0.15) is 39.0 Å². The molecule has 0 aromatic rings. The second kappa shape index (κ2) is 4.17. The van der Waals surface area contributed by atoms with Gasteiger partial charge in [0.05, 0.1) is 0 Å². The Hall–Kier alpha value is -1.12. The highest BCUT2D eigenvalue weighted by Gasteiger charge is 2.34. The molecule has 82 valence electrons. The molecule has 0 saturated heterocycles. The first-order valence-corrected chi connectivity index (χ1v) is 5.81. The van der Waals surface area contributed by atoms with Crippen molar-refractivity contribution in [3.8, 4) is 0 Å². The van der Waals surface area contributed by atoms with Gasteiger partial charge < -0.3 is 0 Å². The van der Waals surface area contributed by atoms with Crippen molar-refractivity contribution in [1.82, 2.24) is 4.90 Å². The Kier molecular flexibility index (Phi) is 2.89. The van der Waals surface area contributed by atoms with Gasteiger partial charge in [0.1, 0.15) is 0 Å². The van der Waals surface area contributed by atoms with E-state index in [1.165, 1.54) is 24.2 Å². The average Bonchev–Trinajstić information content (AvgIpc) is 2.55. The fourth-order valence-electron chi connectivity index (χ4n) is 2.53. The quantitative estimate of drug-likeness (QED) is 0.648. The van der Waals surface area contributed by atoms with Gasteiger partial charge in [-0.05, 0) is 25.7 Å². The molecule has 0 aromatic carbocycles. The maximum absolute atomic E-state index is 11.9. The lowest BCUT2D eigenvalue weighted by molar-refractivity contribution is -0.137. The monoisotopic (exact) mass is 207 g/mol. The molecule has 1 heterocycles. The lowest BCUT2D eigenvalue weighted by Gasteiger charge is -2.22. The summed E-state index contributed by atoms with van der Waals surface area (Å²) in [5.74, 6) is 0.171. The van der Waals surface area contributed by atoms with Gasteiger partial charge in [-0.25, -0.2) is 0 Å². The molecular formula is C12H17NO2. The summed E-state index contributed by atoms with van der Waals surface area (Å²) in [7, 11) is 0. The van der Waals surface area contributed by atoms with Crippen LogP contribution in [0.5, 0.6) is 0 Å². The minimum absolute atomic E-state index is 0.0469. The van der Waals surface area contributed by atoms with Crippen molar-refractivity contribution >= 4 is 11.8 Å². The Bertz CT molecular complexity index is 314. The predicted octanol–water partition coefficient (Wildman–Crippen LogP) is 1.88. The van der Waals surface area contributed by atoms with Gasteiger partial charge in [0.2, 0.25) is 0 Å². The summed E-state index contributed by atoms with van der Waals surface area (Å²) in [5.41, 5.74) is 0.765. The van der Waals surface area contributed by atoms with Crippen LogP contribution in [-0.2, 0) is 9.59 Å². The highest BCUT2D eigenvalue weighted by molar-refractivity contribution is 6.16. The second-order valence-corrected chi connectivity index (χ2v) is 4.32. The van der Waals surface area contributed by atoms with E-state index in [-0.39, 0.29) is 11.8 Å². The van der Waals surface area contributed by atoms with Crippen LogP contribution >= 0.6 is 0 Å². The first-order valence-electron chi connectivity index (χ1n) is 5.81. The van der Waals surface area contributed by atoms with Gasteiger partial charge in [0.25, 0.3) is 11.8 Å². The van der Waals surface area contributed by atoms with E-state index in [0.29, 0.717) is 12.5 Å². The minimum Gasteiger partial charge on any atom is -0.275 e. The molecule has 0 N–H and O–H groups in total. The highest BCUT2D eigenvalue weighted by atomic mass is 16.2. The van der Waals surface area contributed by atoms with Crippen LogP contribution in [0.15, 0.2) is 11.6 Å². The molecular weight excluding hydrogens is 190 g/mol. The van der Waals surface area contributed by atoms with Crippen molar-refractivity contribution in [2.24, 2.45) is 5.92 Å². The number of rotatable bonds is 2. The van der Waals surface area contributed by atoms with Crippen LogP contribution in [0.3, 0.4) is 0 Å². The lowest BCUT2D eigenvalue weighted by Crippen LogP contribution is -2.31. The third kappa shape index (κ3) is 1.83. The van der Waals surface area contributed by atoms with Gasteiger partial charge in [-0.2, -0.15) is 0 Å². The van der Waals surface area contributed by atoms with Crippen molar-refractivity contribution in [2.75, 3.05) is 6.54 Å². The summed E-state index contributed by atoms with van der Waals surface area (Å²) in [6, 6.07) is 0. The number of carbonyl (C=O) groups is 2. The zero-order valence-corrected chi connectivity index (χ0v) is 9.16. The SMILES string of the molecule is CCN1C(=O)C=C(C2CCCCC2)C1=O. The molecule has 0 unspecified atom stereocenters. The van der Waals surface area contributed by atoms with E-state index >= 15 is 0 Å². The molecule has 2 rings (SSSR count). The number of likely N-dealkylation sites (N-methyl/N-ethyl adjacent to an activating group) is 1. The van der Waals surface area contributed by atoms with E-state index in [2.05, 4.69) is 0 Å². The molecule has 0 radical (unpaired) electrons. The molecule has 0 atom stereocenters. The van der Waals surface area contributed by atoms with Crippen molar-refractivity contribution in [1.29, 1.82) is 0 Å². The van der Waals surface area contributed by atoms with E-state index in [1.54, 1.807) is 6.08 Å². The highest BCUT2D eigenvalue weighted by Crippen LogP contribution is 2.32. The summed E-state index contributed by atoms with van der Waals surface area (Å²) in [4.78, 5) is 24.7. The van der Waals surface area contributed by atoms with Crippen LogP contribution in [0.4, 0.5) is 0 Å². The maximum atomic E-state index is 11.9. The van der Waals surface area contributed by atoms with Crippen molar-refractivity contribution in [3.63, 3.8) is 0 Å². The lowest BCUT2D eigenvalue weighted by atomic mass is 9.84. The summed E-state index contributed by atoms with van der Waals surface area (Å²) in [5, 5.41) is 0. The van der Waals surface area contributed by atoms with Gasteiger partial charge in [-0.15, -0.1) is 0 Å². The van der Waals surface area contributed by atoms with E-state index < -0.39 is 0 Å². The molecule has 2 aliphatic rings. The Morgan fingerprint density at radius 3 is 2.47 bits per heavy atom. The van der Waals surface area contributed by atoms with Gasteiger partial charge >= 0.3 is 0 Å². The molecule has 1 aliphatic carbocycles. The van der Waals surface area contributed by atoms with Crippen molar-refractivity contribution in [3.05, 3.63) is 11.6 Å². The second-order valence-electron chi connectivity index (χ2n) is 4.32. The Labute approximate surface area is 90.1 Å². The summed E-state index contributed by atoms with van der Waals surface area (Å²) in [6.45, 7) is 2.33. The number of carbonyl (C=O) groups excluding carboxylic acids is 2. The molecule has 2 amide bonds. The van der Waals surface area contributed by atoms with E-state index in [9.17, 15) is 9.59 Å². The van der Waals surface area contributed by atoms with Crippen LogP contribution in [-0.4, -0.2) is 23.3 Å². The third-order valence-electron chi connectivity index (χ3n) is 3.40. The number of nitrogens with zero attached hydrogens (tertiary/aromatic N) is 1. The van der Waals surface area contributed by atoms with Crippen molar-refractivity contribution in [2.45, 2.75) is 39.0 Å². The molecule has 15 heavy (non-hydrogen) atoms. The topological polar surface area (TPSA) is 37.4 Å². The Morgan fingerprint density at radius 1 is 1.27 bits per heavy atom. The van der Waals surface area contributed by atoms with Crippen LogP contribution in [0.2, 0.25) is 0 Å². The fraction of sp³-hybridized carbons (Fsp3) is 0.667. The van der Waals surface area contributed by atoms with E-state index in [0.717, 1.165) is 18.4 Å². The first kappa shape index (κ1) is 10.4.